The van der Waals surface area contributed by atoms with Crippen molar-refractivity contribution in [1.29, 1.82) is 0 Å². The number of halogens is 2. The van der Waals surface area contributed by atoms with Gasteiger partial charge in [0.1, 0.15) is 23.9 Å². The maximum absolute atomic E-state index is 12.8. The van der Waals surface area contributed by atoms with Gasteiger partial charge in [-0.3, -0.25) is 4.79 Å². The molecule has 0 saturated carbocycles. The van der Waals surface area contributed by atoms with Gasteiger partial charge >= 0.3 is 0 Å². The lowest BCUT2D eigenvalue weighted by Gasteiger charge is -2.13. The number of fused-ring (bicyclic) bond motifs is 1. The molecule has 30 heavy (non-hydrogen) atoms. The number of ketones is 1. The summed E-state index contributed by atoms with van der Waals surface area (Å²) in [7, 11) is 1.61. The number of allylic oxidation sites excluding steroid dienone is 1. The van der Waals surface area contributed by atoms with E-state index in [-0.39, 0.29) is 18.1 Å². The second-order valence-electron chi connectivity index (χ2n) is 6.77. The topological polar surface area (TPSA) is 44.8 Å². The highest BCUT2D eigenvalue weighted by molar-refractivity contribution is 6.35. The number of hydrogen-bond acceptors (Lipinski definition) is 4. The minimum atomic E-state index is -0.162. The summed E-state index contributed by atoms with van der Waals surface area (Å²) < 4.78 is 17.0. The number of Topliss-reactive ketones (excluding diaryl/α,β-unsaturated/α-hetero) is 1. The number of hydrogen-bond donors (Lipinski definition) is 0. The van der Waals surface area contributed by atoms with Gasteiger partial charge in [0, 0.05) is 21.2 Å². The van der Waals surface area contributed by atoms with Crippen LogP contribution in [-0.4, -0.2) is 12.9 Å². The molecule has 0 bridgehead atoms. The van der Waals surface area contributed by atoms with Crippen LogP contribution in [0, 0.1) is 6.92 Å². The van der Waals surface area contributed by atoms with Crippen LogP contribution in [0.5, 0.6) is 17.2 Å². The molecule has 0 N–H and O–H groups in total. The van der Waals surface area contributed by atoms with Gasteiger partial charge in [-0.15, -0.1) is 0 Å². The first kappa shape index (κ1) is 20.3. The highest BCUT2D eigenvalue weighted by Crippen LogP contribution is 2.40. The Hall–Kier alpha value is -2.95. The highest BCUT2D eigenvalue weighted by atomic mass is 35.5. The molecule has 1 aliphatic heterocycles. The number of benzene rings is 3. The lowest BCUT2D eigenvalue weighted by Crippen LogP contribution is -2.00. The Balaban J connectivity index is 1.57. The average molecular weight is 441 g/mol. The SMILES string of the molecule is COc1ccc(/C=C2\Oc3c(ccc(OCc4c(Cl)cccc4Cl)c3C)C2=O)cc1. The van der Waals surface area contributed by atoms with Crippen LogP contribution in [0.1, 0.15) is 27.0 Å². The van der Waals surface area contributed by atoms with E-state index < -0.39 is 0 Å². The number of carbonyl (C=O) groups excluding carboxylic acids is 1. The molecule has 0 aromatic heterocycles. The molecule has 3 aromatic carbocycles. The fourth-order valence-corrected chi connectivity index (χ4v) is 3.70. The molecule has 0 atom stereocenters. The van der Waals surface area contributed by atoms with Crippen LogP contribution in [-0.2, 0) is 6.61 Å². The van der Waals surface area contributed by atoms with Crippen molar-refractivity contribution in [2.75, 3.05) is 7.11 Å². The summed E-state index contributed by atoms with van der Waals surface area (Å²) in [5.74, 6) is 1.95. The molecule has 1 aliphatic rings. The van der Waals surface area contributed by atoms with E-state index in [9.17, 15) is 4.79 Å². The van der Waals surface area contributed by atoms with Crippen molar-refractivity contribution in [1.82, 2.24) is 0 Å². The van der Waals surface area contributed by atoms with Crippen LogP contribution in [0.25, 0.3) is 6.08 Å². The molecule has 4 nitrogen and oxygen atoms in total. The molecule has 4 rings (SSSR count). The van der Waals surface area contributed by atoms with Gasteiger partial charge in [0.15, 0.2) is 5.76 Å². The van der Waals surface area contributed by atoms with Crippen LogP contribution >= 0.6 is 23.2 Å². The van der Waals surface area contributed by atoms with E-state index in [0.717, 1.165) is 16.9 Å². The number of ether oxygens (including phenoxy) is 3. The van der Waals surface area contributed by atoms with E-state index in [0.29, 0.717) is 32.7 Å². The maximum Gasteiger partial charge on any atom is 0.231 e. The lowest BCUT2D eigenvalue weighted by molar-refractivity contribution is 0.101. The van der Waals surface area contributed by atoms with E-state index in [1.807, 2.05) is 31.2 Å². The largest absolute Gasteiger partial charge is 0.497 e. The Morgan fingerprint density at radius 2 is 1.70 bits per heavy atom. The molecule has 6 heteroatoms. The van der Waals surface area contributed by atoms with Crippen LogP contribution in [0.2, 0.25) is 10.0 Å². The van der Waals surface area contributed by atoms with E-state index in [1.165, 1.54) is 0 Å². The molecular formula is C24H18Cl2O4. The molecule has 0 saturated heterocycles. The van der Waals surface area contributed by atoms with Crippen LogP contribution in [0.3, 0.4) is 0 Å². The van der Waals surface area contributed by atoms with Gasteiger partial charge in [0.25, 0.3) is 0 Å². The molecular weight excluding hydrogens is 423 g/mol. The second kappa shape index (κ2) is 8.42. The Labute approximate surface area is 184 Å². The monoisotopic (exact) mass is 440 g/mol. The Morgan fingerprint density at radius 3 is 2.37 bits per heavy atom. The standard InChI is InChI=1S/C24H18Cl2O4/c1-14-21(29-13-18-19(25)4-3-5-20(18)26)11-10-17-23(27)22(30-24(14)17)12-15-6-8-16(28-2)9-7-15/h3-12H,13H2,1-2H3/b22-12-. The van der Waals surface area contributed by atoms with Gasteiger partial charge in [0.05, 0.1) is 12.7 Å². The predicted molar refractivity (Wildman–Crippen MR) is 118 cm³/mol. The predicted octanol–water partition coefficient (Wildman–Crippen LogP) is 6.51. The summed E-state index contributed by atoms with van der Waals surface area (Å²) in [5.41, 5.74) is 2.80. The Kier molecular flexibility index (Phi) is 5.71. The van der Waals surface area contributed by atoms with Gasteiger partial charge < -0.3 is 14.2 Å². The third-order valence-electron chi connectivity index (χ3n) is 4.88. The number of methoxy groups -OCH3 is 1. The van der Waals surface area contributed by atoms with Crippen LogP contribution < -0.4 is 14.2 Å². The molecule has 0 amide bonds. The van der Waals surface area contributed by atoms with Crippen LogP contribution in [0.4, 0.5) is 0 Å². The van der Waals surface area contributed by atoms with E-state index >= 15 is 0 Å². The van der Waals surface area contributed by atoms with Gasteiger partial charge in [-0.1, -0.05) is 41.4 Å². The third-order valence-corrected chi connectivity index (χ3v) is 5.59. The Bertz CT molecular complexity index is 1130. The van der Waals surface area contributed by atoms with E-state index in [1.54, 1.807) is 43.5 Å². The smallest absolute Gasteiger partial charge is 0.231 e. The zero-order valence-electron chi connectivity index (χ0n) is 16.4. The normalized spacial score (nSPS) is 13.9. The molecule has 0 aliphatic carbocycles. The van der Waals surface area contributed by atoms with Crippen molar-refractivity contribution in [3.05, 3.63) is 92.7 Å². The zero-order chi connectivity index (χ0) is 21.3. The quantitative estimate of drug-likeness (QED) is 0.424. The summed E-state index contributed by atoms with van der Waals surface area (Å²) in [5, 5.41) is 1.08. The summed E-state index contributed by atoms with van der Waals surface area (Å²) in [6, 6.07) is 16.2. The molecule has 0 fully saturated rings. The average Bonchev–Trinajstić information content (AvgIpc) is 3.06. The minimum absolute atomic E-state index is 0.162. The molecule has 0 unspecified atom stereocenters. The summed E-state index contributed by atoms with van der Waals surface area (Å²) in [4.78, 5) is 12.8. The van der Waals surface area contributed by atoms with Gasteiger partial charge in [-0.25, -0.2) is 0 Å². The maximum atomic E-state index is 12.8. The van der Waals surface area contributed by atoms with Crippen molar-refractivity contribution in [2.24, 2.45) is 0 Å². The number of rotatable bonds is 5. The van der Waals surface area contributed by atoms with Gasteiger partial charge in [0.2, 0.25) is 5.78 Å². The first-order chi connectivity index (χ1) is 14.5. The first-order valence-electron chi connectivity index (χ1n) is 9.25. The van der Waals surface area contributed by atoms with Crippen molar-refractivity contribution >= 4 is 35.1 Å². The van der Waals surface area contributed by atoms with Crippen molar-refractivity contribution in [2.45, 2.75) is 13.5 Å². The van der Waals surface area contributed by atoms with Gasteiger partial charge in [-0.05, 0) is 55.0 Å². The fourth-order valence-electron chi connectivity index (χ4n) is 3.20. The van der Waals surface area contributed by atoms with Gasteiger partial charge in [-0.2, -0.15) is 0 Å². The molecule has 0 spiro atoms. The Morgan fingerprint density at radius 1 is 1.00 bits per heavy atom. The summed E-state index contributed by atoms with van der Waals surface area (Å²) >= 11 is 12.4. The van der Waals surface area contributed by atoms with Crippen molar-refractivity contribution < 1.29 is 19.0 Å². The molecule has 3 aromatic rings. The summed E-state index contributed by atoms with van der Waals surface area (Å²) in [6.45, 7) is 2.06. The molecule has 0 radical (unpaired) electrons. The second-order valence-corrected chi connectivity index (χ2v) is 7.58. The highest BCUT2D eigenvalue weighted by Gasteiger charge is 2.30. The summed E-state index contributed by atoms with van der Waals surface area (Å²) in [6.07, 6.45) is 1.71. The molecule has 1 heterocycles. The first-order valence-corrected chi connectivity index (χ1v) is 10.0. The lowest BCUT2D eigenvalue weighted by atomic mass is 10.1. The molecule has 152 valence electrons. The van der Waals surface area contributed by atoms with E-state index in [2.05, 4.69) is 0 Å². The zero-order valence-corrected chi connectivity index (χ0v) is 17.9. The number of carbonyl (C=O) groups is 1. The van der Waals surface area contributed by atoms with Crippen molar-refractivity contribution in [3.63, 3.8) is 0 Å². The third kappa shape index (κ3) is 3.89. The minimum Gasteiger partial charge on any atom is -0.497 e. The van der Waals surface area contributed by atoms with Crippen molar-refractivity contribution in [3.8, 4) is 17.2 Å². The van der Waals surface area contributed by atoms with E-state index in [4.69, 9.17) is 37.4 Å². The van der Waals surface area contributed by atoms with Crippen LogP contribution in [0.15, 0.2) is 60.4 Å². The fraction of sp³-hybridized carbons (Fsp3) is 0.125.